The fourth-order valence-electron chi connectivity index (χ4n) is 1.72. The lowest BCUT2D eigenvalue weighted by molar-refractivity contribution is 0.581. The number of aromatic nitrogens is 1. The van der Waals surface area contributed by atoms with Gasteiger partial charge in [0.05, 0.1) is 17.6 Å². The van der Waals surface area contributed by atoms with Gasteiger partial charge in [-0.2, -0.15) is 0 Å². The number of anilines is 1. The van der Waals surface area contributed by atoms with Crippen LogP contribution in [0, 0.1) is 12.7 Å². The summed E-state index contributed by atoms with van der Waals surface area (Å²) in [5.41, 5.74) is 1.82. The van der Waals surface area contributed by atoms with Gasteiger partial charge >= 0.3 is 0 Å². The van der Waals surface area contributed by atoms with Crippen molar-refractivity contribution < 1.29 is 4.39 Å². The van der Waals surface area contributed by atoms with Crippen LogP contribution in [-0.4, -0.2) is 31.2 Å². The minimum Gasteiger partial charge on any atom is -0.367 e. The Bertz CT molecular complexity index is 321. The van der Waals surface area contributed by atoms with Crippen LogP contribution in [0.2, 0.25) is 0 Å². The highest BCUT2D eigenvalue weighted by atomic mass is 19.1. The van der Waals surface area contributed by atoms with Crippen molar-refractivity contribution in [3.8, 4) is 0 Å². The molecule has 0 bridgehead atoms. The van der Waals surface area contributed by atoms with Gasteiger partial charge in [-0.1, -0.05) is 0 Å². The van der Waals surface area contributed by atoms with Crippen molar-refractivity contribution in [2.24, 2.45) is 0 Å². The highest BCUT2D eigenvalue weighted by Gasteiger charge is 2.13. The molecule has 2 heterocycles. The van der Waals surface area contributed by atoms with Gasteiger partial charge in [0.2, 0.25) is 0 Å². The van der Waals surface area contributed by atoms with Crippen LogP contribution < -0.4 is 10.2 Å². The topological polar surface area (TPSA) is 28.2 Å². The highest BCUT2D eigenvalue weighted by molar-refractivity contribution is 5.50. The van der Waals surface area contributed by atoms with E-state index in [1.807, 2.05) is 6.92 Å². The van der Waals surface area contributed by atoms with Gasteiger partial charge in [0.25, 0.3) is 0 Å². The Balaban J connectivity index is 2.24. The van der Waals surface area contributed by atoms with Gasteiger partial charge in [0.15, 0.2) is 0 Å². The van der Waals surface area contributed by atoms with Crippen LogP contribution in [0.1, 0.15) is 5.69 Å². The van der Waals surface area contributed by atoms with Crippen molar-refractivity contribution in [2.75, 3.05) is 31.1 Å². The maximum atomic E-state index is 13.0. The molecule has 0 saturated carbocycles. The Kier molecular flexibility index (Phi) is 2.63. The maximum Gasteiger partial charge on any atom is 0.143 e. The van der Waals surface area contributed by atoms with Gasteiger partial charge in [0.1, 0.15) is 5.82 Å². The molecule has 0 atom stereocenters. The average Bonchev–Trinajstić information content (AvgIpc) is 2.23. The fourth-order valence-corrected chi connectivity index (χ4v) is 1.72. The number of halogens is 1. The third-order valence-electron chi connectivity index (χ3n) is 2.48. The molecule has 3 nitrogen and oxygen atoms in total. The van der Waals surface area contributed by atoms with Gasteiger partial charge in [-0.3, -0.25) is 4.98 Å². The molecule has 14 heavy (non-hydrogen) atoms. The van der Waals surface area contributed by atoms with Crippen LogP contribution in [-0.2, 0) is 0 Å². The van der Waals surface area contributed by atoms with E-state index in [4.69, 9.17) is 0 Å². The lowest BCUT2D eigenvalue weighted by Crippen LogP contribution is -2.43. The summed E-state index contributed by atoms with van der Waals surface area (Å²) < 4.78 is 13.0. The van der Waals surface area contributed by atoms with Crippen molar-refractivity contribution >= 4 is 5.69 Å². The van der Waals surface area contributed by atoms with Crippen LogP contribution in [0.15, 0.2) is 12.3 Å². The molecule has 1 aliphatic rings. The van der Waals surface area contributed by atoms with Crippen molar-refractivity contribution in [3.63, 3.8) is 0 Å². The van der Waals surface area contributed by atoms with E-state index in [0.29, 0.717) is 0 Å². The third-order valence-corrected chi connectivity index (χ3v) is 2.48. The van der Waals surface area contributed by atoms with Gasteiger partial charge in [0, 0.05) is 32.2 Å². The second-order valence-corrected chi connectivity index (χ2v) is 3.50. The fraction of sp³-hybridized carbons (Fsp3) is 0.500. The predicted octanol–water partition coefficient (Wildman–Crippen LogP) is 0.939. The van der Waals surface area contributed by atoms with Crippen molar-refractivity contribution in [2.45, 2.75) is 6.92 Å². The molecule has 1 N–H and O–H groups in total. The number of nitrogens with zero attached hydrogens (tertiary/aromatic N) is 2. The maximum absolute atomic E-state index is 13.0. The van der Waals surface area contributed by atoms with E-state index in [-0.39, 0.29) is 5.82 Å². The first kappa shape index (κ1) is 9.40. The van der Waals surface area contributed by atoms with E-state index in [9.17, 15) is 4.39 Å². The van der Waals surface area contributed by atoms with Crippen molar-refractivity contribution in [1.82, 2.24) is 10.3 Å². The van der Waals surface area contributed by atoms with Crippen LogP contribution in [0.3, 0.4) is 0 Å². The predicted molar refractivity (Wildman–Crippen MR) is 54.0 cm³/mol. The summed E-state index contributed by atoms with van der Waals surface area (Å²) in [7, 11) is 0. The second-order valence-electron chi connectivity index (χ2n) is 3.50. The number of aryl methyl sites for hydroxylation is 1. The highest BCUT2D eigenvalue weighted by Crippen LogP contribution is 2.19. The molecule has 2 rings (SSSR count). The second kappa shape index (κ2) is 3.92. The lowest BCUT2D eigenvalue weighted by Gasteiger charge is -2.30. The summed E-state index contributed by atoms with van der Waals surface area (Å²) in [6.07, 6.45) is 1.26. The molecule has 0 aromatic carbocycles. The van der Waals surface area contributed by atoms with Gasteiger partial charge in [-0.05, 0) is 6.92 Å². The van der Waals surface area contributed by atoms with E-state index in [1.54, 1.807) is 6.07 Å². The molecule has 1 aromatic heterocycles. The largest absolute Gasteiger partial charge is 0.367 e. The quantitative estimate of drug-likeness (QED) is 0.722. The van der Waals surface area contributed by atoms with Crippen molar-refractivity contribution in [1.29, 1.82) is 0 Å². The first-order valence-electron chi connectivity index (χ1n) is 4.85. The number of piperazine rings is 1. The van der Waals surface area contributed by atoms with Gasteiger partial charge in [-0.15, -0.1) is 0 Å². The molecule has 1 aliphatic heterocycles. The number of pyridine rings is 1. The normalized spacial score (nSPS) is 17.1. The van der Waals surface area contributed by atoms with E-state index in [2.05, 4.69) is 15.2 Å². The zero-order valence-corrected chi connectivity index (χ0v) is 8.26. The van der Waals surface area contributed by atoms with E-state index in [1.165, 1.54) is 6.20 Å². The summed E-state index contributed by atoms with van der Waals surface area (Å²) in [6, 6.07) is 1.56. The van der Waals surface area contributed by atoms with Gasteiger partial charge < -0.3 is 10.2 Å². The summed E-state index contributed by atoms with van der Waals surface area (Å²) in [5.74, 6) is -0.260. The zero-order valence-electron chi connectivity index (χ0n) is 8.26. The molecule has 0 amide bonds. The molecular formula is C10H14FN3. The van der Waals surface area contributed by atoms with Crippen LogP contribution in [0.4, 0.5) is 10.1 Å². The molecule has 0 unspecified atom stereocenters. The van der Waals surface area contributed by atoms with Gasteiger partial charge in [-0.25, -0.2) is 4.39 Å². The molecule has 1 aromatic rings. The molecule has 76 valence electrons. The van der Waals surface area contributed by atoms with E-state index in [0.717, 1.165) is 37.6 Å². The molecule has 4 heteroatoms. The standard InChI is InChI=1S/C10H14FN3/c1-8-10(6-9(11)7-13-8)14-4-2-12-3-5-14/h6-7,12H,2-5H2,1H3. The molecule has 0 spiro atoms. The number of hydrogen-bond donors (Lipinski definition) is 1. The Morgan fingerprint density at radius 2 is 2.14 bits per heavy atom. The first-order valence-corrected chi connectivity index (χ1v) is 4.85. The Labute approximate surface area is 82.9 Å². The summed E-state index contributed by atoms with van der Waals surface area (Å²) >= 11 is 0. The van der Waals surface area contributed by atoms with E-state index >= 15 is 0 Å². The summed E-state index contributed by atoms with van der Waals surface area (Å²) in [6.45, 7) is 5.67. The Morgan fingerprint density at radius 1 is 1.43 bits per heavy atom. The number of rotatable bonds is 1. The Hall–Kier alpha value is -1.16. The first-order chi connectivity index (χ1) is 6.77. The van der Waals surface area contributed by atoms with Crippen LogP contribution in [0.5, 0.6) is 0 Å². The minimum absolute atomic E-state index is 0.260. The summed E-state index contributed by atoms with van der Waals surface area (Å²) in [4.78, 5) is 6.19. The lowest BCUT2D eigenvalue weighted by atomic mass is 10.2. The third kappa shape index (κ3) is 1.85. The van der Waals surface area contributed by atoms with E-state index < -0.39 is 0 Å². The monoisotopic (exact) mass is 195 g/mol. The Morgan fingerprint density at radius 3 is 2.86 bits per heavy atom. The smallest absolute Gasteiger partial charge is 0.143 e. The average molecular weight is 195 g/mol. The summed E-state index contributed by atoms with van der Waals surface area (Å²) in [5, 5.41) is 3.26. The number of hydrogen-bond acceptors (Lipinski definition) is 3. The molecule has 0 radical (unpaired) electrons. The number of nitrogens with one attached hydrogen (secondary N) is 1. The zero-order chi connectivity index (χ0) is 9.97. The minimum atomic E-state index is -0.260. The SMILES string of the molecule is Cc1ncc(F)cc1N1CCNCC1. The van der Waals surface area contributed by atoms with Crippen molar-refractivity contribution in [3.05, 3.63) is 23.8 Å². The van der Waals surface area contributed by atoms with Crippen LogP contribution >= 0.6 is 0 Å². The molecule has 1 saturated heterocycles. The molecule has 1 fully saturated rings. The van der Waals surface area contributed by atoms with Crippen LogP contribution in [0.25, 0.3) is 0 Å². The molecule has 0 aliphatic carbocycles. The molecular weight excluding hydrogens is 181 g/mol.